The Bertz CT molecular complexity index is 552. The Hall–Kier alpha value is -1.32. The summed E-state index contributed by atoms with van der Waals surface area (Å²) < 4.78 is 6.33. The van der Waals surface area contributed by atoms with Gasteiger partial charge in [0.25, 0.3) is 0 Å². The van der Waals surface area contributed by atoms with Crippen LogP contribution in [0.1, 0.15) is 10.4 Å². The highest BCUT2D eigenvalue weighted by atomic mass is 79.9. The zero-order chi connectivity index (χ0) is 13.0. The van der Waals surface area contributed by atoms with Crippen LogP contribution in [0.5, 0.6) is 5.75 Å². The van der Waals surface area contributed by atoms with E-state index < -0.39 is 0 Å². The fourth-order valence-corrected chi connectivity index (χ4v) is 1.87. The smallest absolute Gasteiger partial charge is 0.200 e. The van der Waals surface area contributed by atoms with Crippen molar-refractivity contribution in [2.24, 2.45) is 0 Å². The lowest BCUT2D eigenvalue weighted by Gasteiger charge is -2.05. The maximum atomic E-state index is 11.8. The summed E-state index contributed by atoms with van der Waals surface area (Å²) in [5, 5.41) is 0.587. The van der Waals surface area contributed by atoms with Crippen molar-refractivity contribution in [3.63, 3.8) is 0 Å². The second kappa shape index (κ2) is 6.03. The minimum absolute atomic E-state index is 0.00196. The normalized spacial score (nSPS) is 10.1. The summed E-state index contributed by atoms with van der Waals surface area (Å²) in [6, 6.07) is 14.1. The first kappa shape index (κ1) is 13.1. The monoisotopic (exact) mass is 324 g/mol. The third-order valence-corrected chi connectivity index (χ3v) is 3.10. The molecule has 0 unspecified atom stereocenters. The first-order valence-electron chi connectivity index (χ1n) is 5.32. The fraction of sp³-hybridized carbons (Fsp3) is 0.0714. The molecule has 0 bridgehead atoms. The fourth-order valence-electron chi connectivity index (χ4n) is 1.42. The quantitative estimate of drug-likeness (QED) is 0.781. The number of rotatable bonds is 4. The predicted molar refractivity (Wildman–Crippen MR) is 75.4 cm³/mol. The molecular weight excluding hydrogens is 316 g/mol. The minimum Gasteiger partial charge on any atom is -0.485 e. The number of benzene rings is 2. The maximum absolute atomic E-state index is 11.8. The van der Waals surface area contributed by atoms with E-state index in [-0.39, 0.29) is 12.4 Å². The number of Topliss-reactive ketones (excluding diaryl/α,β-unsaturated/α-hetero) is 1. The molecule has 0 saturated heterocycles. The SMILES string of the molecule is O=C(COc1cccc(Cl)c1)c1ccc(Br)cc1. The van der Waals surface area contributed by atoms with Crippen molar-refractivity contribution in [1.29, 1.82) is 0 Å². The van der Waals surface area contributed by atoms with Crippen molar-refractivity contribution in [3.8, 4) is 5.75 Å². The highest BCUT2D eigenvalue weighted by Gasteiger charge is 2.06. The standard InChI is InChI=1S/C14H10BrClO2/c15-11-6-4-10(5-7-11)14(17)9-18-13-3-1-2-12(16)8-13/h1-8H,9H2. The molecule has 0 radical (unpaired) electrons. The summed E-state index contributed by atoms with van der Waals surface area (Å²) in [6.45, 7) is 0.00196. The van der Waals surface area contributed by atoms with Gasteiger partial charge in [-0.1, -0.05) is 45.7 Å². The number of ketones is 1. The van der Waals surface area contributed by atoms with Crippen LogP contribution in [-0.4, -0.2) is 12.4 Å². The van der Waals surface area contributed by atoms with Gasteiger partial charge in [0.15, 0.2) is 12.4 Å². The van der Waals surface area contributed by atoms with Crippen LogP contribution in [0.15, 0.2) is 53.0 Å². The van der Waals surface area contributed by atoms with Crippen LogP contribution < -0.4 is 4.74 Å². The third kappa shape index (κ3) is 3.59. The van der Waals surface area contributed by atoms with E-state index in [4.69, 9.17) is 16.3 Å². The number of carbonyl (C=O) groups is 1. The second-order valence-electron chi connectivity index (χ2n) is 3.68. The van der Waals surface area contributed by atoms with Crippen LogP contribution in [0.3, 0.4) is 0 Å². The summed E-state index contributed by atoms with van der Waals surface area (Å²) in [5.41, 5.74) is 0.625. The van der Waals surface area contributed by atoms with Crippen LogP contribution in [0.25, 0.3) is 0 Å². The molecule has 0 aliphatic rings. The van der Waals surface area contributed by atoms with E-state index in [1.807, 2.05) is 12.1 Å². The molecule has 0 fully saturated rings. The van der Waals surface area contributed by atoms with Gasteiger partial charge >= 0.3 is 0 Å². The van der Waals surface area contributed by atoms with Crippen LogP contribution in [0.4, 0.5) is 0 Å². The highest BCUT2D eigenvalue weighted by Crippen LogP contribution is 2.17. The molecule has 0 heterocycles. The molecule has 0 aromatic heterocycles. The van der Waals surface area contributed by atoms with Gasteiger partial charge in [-0.2, -0.15) is 0 Å². The molecule has 0 spiro atoms. The molecular formula is C14H10BrClO2. The Morgan fingerprint density at radius 1 is 1.17 bits per heavy atom. The van der Waals surface area contributed by atoms with Gasteiger partial charge < -0.3 is 4.74 Å². The Morgan fingerprint density at radius 3 is 2.56 bits per heavy atom. The van der Waals surface area contributed by atoms with Crippen LogP contribution in [0.2, 0.25) is 5.02 Å². The van der Waals surface area contributed by atoms with Crippen molar-refractivity contribution in [2.45, 2.75) is 0 Å². The summed E-state index contributed by atoms with van der Waals surface area (Å²) in [5.74, 6) is 0.524. The van der Waals surface area contributed by atoms with Crippen LogP contribution in [0, 0.1) is 0 Å². The molecule has 2 nitrogen and oxygen atoms in total. The average Bonchev–Trinajstić information content (AvgIpc) is 2.37. The van der Waals surface area contributed by atoms with Crippen molar-refractivity contribution < 1.29 is 9.53 Å². The molecule has 4 heteroatoms. The number of hydrogen-bond acceptors (Lipinski definition) is 2. The molecule has 0 saturated carbocycles. The van der Waals surface area contributed by atoms with E-state index in [9.17, 15) is 4.79 Å². The Balaban J connectivity index is 1.98. The van der Waals surface area contributed by atoms with Crippen molar-refractivity contribution >= 4 is 33.3 Å². The summed E-state index contributed by atoms with van der Waals surface area (Å²) >= 11 is 9.15. The van der Waals surface area contributed by atoms with Crippen LogP contribution >= 0.6 is 27.5 Å². The van der Waals surface area contributed by atoms with E-state index in [2.05, 4.69) is 15.9 Å². The first-order chi connectivity index (χ1) is 8.65. The highest BCUT2D eigenvalue weighted by molar-refractivity contribution is 9.10. The molecule has 2 rings (SSSR count). The van der Waals surface area contributed by atoms with E-state index in [0.29, 0.717) is 16.3 Å². The van der Waals surface area contributed by atoms with Gasteiger partial charge in [-0.15, -0.1) is 0 Å². The molecule has 0 aliphatic heterocycles. The molecule has 2 aromatic rings. The Morgan fingerprint density at radius 2 is 1.89 bits per heavy atom. The van der Waals surface area contributed by atoms with E-state index in [1.54, 1.807) is 36.4 Å². The lowest BCUT2D eigenvalue weighted by atomic mass is 10.1. The van der Waals surface area contributed by atoms with Crippen LogP contribution in [-0.2, 0) is 0 Å². The number of hydrogen-bond donors (Lipinski definition) is 0. The Labute approximate surface area is 119 Å². The van der Waals surface area contributed by atoms with Crippen molar-refractivity contribution in [3.05, 3.63) is 63.6 Å². The number of ether oxygens (including phenoxy) is 1. The third-order valence-electron chi connectivity index (χ3n) is 2.33. The van der Waals surface area contributed by atoms with Crippen molar-refractivity contribution in [2.75, 3.05) is 6.61 Å². The predicted octanol–water partition coefficient (Wildman–Crippen LogP) is 4.36. The minimum atomic E-state index is -0.0672. The average molecular weight is 326 g/mol. The Kier molecular flexibility index (Phi) is 4.39. The summed E-state index contributed by atoms with van der Waals surface area (Å²) in [6.07, 6.45) is 0. The lowest BCUT2D eigenvalue weighted by Crippen LogP contribution is -2.11. The first-order valence-corrected chi connectivity index (χ1v) is 6.49. The van der Waals surface area contributed by atoms with Gasteiger partial charge in [0.05, 0.1) is 0 Å². The van der Waals surface area contributed by atoms with Gasteiger partial charge in [0.1, 0.15) is 5.75 Å². The molecule has 0 aliphatic carbocycles. The molecule has 0 N–H and O–H groups in total. The summed E-state index contributed by atoms with van der Waals surface area (Å²) in [7, 11) is 0. The van der Waals surface area contributed by atoms with Gasteiger partial charge in [0, 0.05) is 15.1 Å². The van der Waals surface area contributed by atoms with Crippen molar-refractivity contribution in [1.82, 2.24) is 0 Å². The topological polar surface area (TPSA) is 26.3 Å². The maximum Gasteiger partial charge on any atom is 0.200 e. The molecule has 0 amide bonds. The molecule has 18 heavy (non-hydrogen) atoms. The van der Waals surface area contributed by atoms with Gasteiger partial charge in [-0.05, 0) is 30.3 Å². The zero-order valence-corrected chi connectivity index (χ0v) is 11.7. The van der Waals surface area contributed by atoms with E-state index in [0.717, 1.165) is 4.47 Å². The van der Waals surface area contributed by atoms with E-state index in [1.165, 1.54) is 0 Å². The van der Waals surface area contributed by atoms with Gasteiger partial charge in [-0.25, -0.2) is 0 Å². The van der Waals surface area contributed by atoms with Gasteiger partial charge in [-0.3, -0.25) is 4.79 Å². The number of halogens is 2. The van der Waals surface area contributed by atoms with Gasteiger partial charge in [0.2, 0.25) is 0 Å². The molecule has 0 atom stereocenters. The molecule has 92 valence electrons. The summed E-state index contributed by atoms with van der Waals surface area (Å²) in [4.78, 5) is 11.8. The molecule has 2 aromatic carbocycles. The lowest BCUT2D eigenvalue weighted by molar-refractivity contribution is 0.0921. The largest absolute Gasteiger partial charge is 0.485 e. The second-order valence-corrected chi connectivity index (χ2v) is 5.03. The zero-order valence-electron chi connectivity index (χ0n) is 9.40. The van der Waals surface area contributed by atoms with E-state index >= 15 is 0 Å². The number of carbonyl (C=O) groups excluding carboxylic acids is 1.